The highest BCUT2D eigenvalue weighted by Crippen LogP contribution is 2.34. The highest BCUT2D eigenvalue weighted by Gasteiger charge is 2.33. The third-order valence-electron chi connectivity index (χ3n) is 4.16. The van der Waals surface area contributed by atoms with Gasteiger partial charge >= 0.3 is 0 Å². The fourth-order valence-electron chi connectivity index (χ4n) is 2.84. The molecule has 2 nitrogen and oxygen atoms in total. The number of hydrogen-bond donors (Lipinski definition) is 0. The minimum Gasteiger partial charge on any atom is -0.337 e. The molecule has 128 valence electrons. The molecule has 1 aromatic rings. The molecule has 1 fully saturated rings. The van der Waals surface area contributed by atoms with Gasteiger partial charge in [0.25, 0.3) is 5.91 Å². The predicted molar refractivity (Wildman–Crippen MR) is 105 cm³/mol. The number of carbonyl (C=O) groups is 1. The molecule has 0 bridgehead atoms. The summed E-state index contributed by atoms with van der Waals surface area (Å²) in [5.41, 5.74) is 5.33. The van der Waals surface area contributed by atoms with Crippen molar-refractivity contribution >= 4 is 25.6 Å². The van der Waals surface area contributed by atoms with Gasteiger partial charge in [-0.25, -0.2) is 0 Å². The van der Waals surface area contributed by atoms with Gasteiger partial charge in [-0.05, 0) is 30.7 Å². The van der Waals surface area contributed by atoms with Gasteiger partial charge in [-0.2, -0.15) is 0 Å². The summed E-state index contributed by atoms with van der Waals surface area (Å²) in [4.78, 5) is 14.6. The molecule has 0 spiro atoms. The number of amides is 1. The maximum Gasteiger partial charge on any atom is 0.253 e. The number of nitrogens with zero attached hydrogens (tertiary/aromatic N) is 1. The molecule has 2 rings (SSSR count). The monoisotopic (exact) mass is 359 g/mol. The van der Waals surface area contributed by atoms with Crippen LogP contribution in [0.25, 0.3) is 0 Å². The van der Waals surface area contributed by atoms with Crippen LogP contribution in [0, 0.1) is 16.9 Å². The summed E-state index contributed by atoms with van der Waals surface area (Å²) >= 11 is 6.01. The first kappa shape index (κ1) is 18.8. The standard InChI is InChI=1S/C20H26ClNOSi/c1-20(2)15-22(19(23)16-8-6-10-18(21)14-16)12-11-17(20)9-7-13-24(3,4)5/h6,8-10,14H,11-12,15H2,1-5H3/b17-9+. The van der Waals surface area contributed by atoms with Gasteiger partial charge in [0.2, 0.25) is 0 Å². The summed E-state index contributed by atoms with van der Waals surface area (Å²) < 4.78 is 0. The van der Waals surface area contributed by atoms with Gasteiger partial charge in [0.1, 0.15) is 8.07 Å². The van der Waals surface area contributed by atoms with E-state index < -0.39 is 8.07 Å². The Labute approximate surface area is 151 Å². The Kier molecular flexibility index (Phi) is 5.62. The maximum absolute atomic E-state index is 12.7. The summed E-state index contributed by atoms with van der Waals surface area (Å²) in [5.74, 6) is 3.32. The number of benzene rings is 1. The van der Waals surface area contributed by atoms with E-state index in [4.69, 9.17) is 11.6 Å². The summed E-state index contributed by atoms with van der Waals surface area (Å²) in [6, 6.07) is 7.17. The number of hydrogen-bond acceptors (Lipinski definition) is 1. The fourth-order valence-corrected chi connectivity index (χ4v) is 3.53. The van der Waals surface area contributed by atoms with E-state index in [1.54, 1.807) is 12.1 Å². The maximum atomic E-state index is 12.7. The lowest BCUT2D eigenvalue weighted by atomic mass is 9.78. The average molecular weight is 360 g/mol. The summed E-state index contributed by atoms with van der Waals surface area (Å²) in [7, 11) is -1.35. The van der Waals surface area contributed by atoms with Crippen LogP contribution < -0.4 is 0 Å². The zero-order chi connectivity index (χ0) is 18.0. The van der Waals surface area contributed by atoms with E-state index >= 15 is 0 Å². The van der Waals surface area contributed by atoms with Crippen molar-refractivity contribution < 1.29 is 4.79 Å². The Hall–Kier alpha value is -1.50. The van der Waals surface area contributed by atoms with Crippen LogP contribution in [-0.2, 0) is 0 Å². The third-order valence-corrected chi connectivity index (χ3v) is 5.29. The summed E-state index contributed by atoms with van der Waals surface area (Å²) in [6.07, 6.45) is 2.96. The van der Waals surface area contributed by atoms with Crippen molar-refractivity contribution in [2.75, 3.05) is 13.1 Å². The molecule has 0 saturated carbocycles. The molecule has 0 unspecified atom stereocenters. The lowest BCUT2D eigenvalue weighted by Crippen LogP contribution is -2.44. The van der Waals surface area contributed by atoms with Crippen molar-refractivity contribution in [2.45, 2.75) is 39.9 Å². The molecule has 0 aromatic heterocycles. The van der Waals surface area contributed by atoms with Gasteiger partial charge in [0.05, 0.1) is 0 Å². The number of piperidine rings is 1. The first-order valence-corrected chi connectivity index (χ1v) is 12.2. The normalized spacial score (nSPS) is 18.9. The molecule has 1 aromatic carbocycles. The van der Waals surface area contributed by atoms with Gasteiger partial charge < -0.3 is 4.90 Å². The van der Waals surface area contributed by atoms with Crippen LogP contribution in [0.3, 0.4) is 0 Å². The van der Waals surface area contributed by atoms with Crippen LogP contribution in [0.4, 0.5) is 0 Å². The third kappa shape index (κ3) is 4.99. The molecule has 4 heteroatoms. The average Bonchev–Trinajstić information content (AvgIpc) is 2.46. The Morgan fingerprint density at radius 1 is 1.33 bits per heavy atom. The first-order valence-electron chi connectivity index (χ1n) is 8.35. The van der Waals surface area contributed by atoms with Gasteiger partial charge in [0, 0.05) is 29.1 Å². The van der Waals surface area contributed by atoms with E-state index in [1.807, 2.05) is 17.0 Å². The number of halogens is 1. The lowest BCUT2D eigenvalue weighted by molar-refractivity contribution is 0.0663. The van der Waals surface area contributed by atoms with E-state index in [1.165, 1.54) is 5.57 Å². The minimum atomic E-state index is -1.35. The quantitative estimate of drug-likeness (QED) is 0.509. The van der Waals surface area contributed by atoms with Crippen LogP contribution in [-0.4, -0.2) is 32.0 Å². The zero-order valence-electron chi connectivity index (χ0n) is 15.2. The summed E-state index contributed by atoms with van der Waals surface area (Å²) in [5, 5.41) is 0.597. The zero-order valence-corrected chi connectivity index (χ0v) is 17.0. The molecule has 0 radical (unpaired) electrons. The van der Waals surface area contributed by atoms with Crippen molar-refractivity contribution in [1.82, 2.24) is 4.90 Å². The second-order valence-electron chi connectivity index (χ2n) is 8.06. The van der Waals surface area contributed by atoms with Crippen molar-refractivity contribution in [3.63, 3.8) is 0 Å². The van der Waals surface area contributed by atoms with Crippen molar-refractivity contribution in [2.24, 2.45) is 5.41 Å². The van der Waals surface area contributed by atoms with Gasteiger partial charge in [0.15, 0.2) is 0 Å². The highest BCUT2D eigenvalue weighted by molar-refractivity contribution is 6.83. The SMILES string of the molecule is CC1(C)CN(C(=O)c2cccc(Cl)c2)CC/C1=C\C#C[Si](C)(C)C. The Bertz CT molecular complexity index is 719. The van der Waals surface area contributed by atoms with Gasteiger partial charge in [-0.1, -0.05) is 62.6 Å². The molecular formula is C20H26ClNOSi. The number of likely N-dealkylation sites (tertiary alicyclic amines) is 1. The molecular weight excluding hydrogens is 334 g/mol. The van der Waals surface area contributed by atoms with E-state index in [-0.39, 0.29) is 11.3 Å². The molecule has 24 heavy (non-hydrogen) atoms. The number of carbonyl (C=O) groups excluding carboxylic acids is 1. The minimum absolute atomic E-state index is 0.0535. The molecule has 0 atom stereocenters. The van der Waals surface area contributed by atoms with E-state index in [0.717, 1.165) is 13.0 Å². The van der Waals surface area contributed by atoms with Crippen LogP contribution in [0.5, 0.6) is 0 Å². The van der Waals surface area contributed by atoms with Crippen LogP contribution >= 0.6 is 11.6 Å². The topological polar surface area (TPSA) is 20.3 Å². The Morgan fingerprint density at radius 2 is 2.04 bits per heavy atom. The first-order chi connectivity index (χ1) is 11.1. The molecule has 0 aliphatic carbocycles. The highest BCUT2D eigenvalue weighted by atomic mass is 35.5. The molecule has 1 aliphatic rings. The molecule has 1 heterocycles. The summed E-state index contributed by atoms with van der Waals surface area (Å²) in [6.45, 7) is 12.6. The Morgan fingerprint density at radius 3 is 2.62 bits per heavy atom. The van der Waals surface area contributed by atoms with E-state index in [0.29, 0.717) is 17.1 Å². The molecule has 0 N–H and O–H groups in total. The van der Waals surface area contributed by atoms with Crippen molar-refractivity contribution in [3.8, 4) is 11.5 Å². The second-order valence-corrected chi connectivity index (χ2v) is 13.2. The van der Waals surface area contributed by atoms with Crippen LogP contribution in [0.2, 0.25) is 24.7 Å². The smallest absolute Gasteiger partial charge is 0.253 e. The van der Waals surface area contributed by atoms with Crippen LogP contribution in [0.1, 0.15) is 30.6 Å². The van der Waals surface area contributed by atoms with Gasteiger partial charge in [-0.3, -0.25) is 4.79 Å². The lowest BCUT2D eigenvalue weighted by Gasteiger charge is -2.40. The largest absolute Gasteiger partial charge is 0.337 e. The molecule has 1 amide bonds. The number of allylic oxidation sites excluding steroid dienone is 1. The fraction of sp³-hybridized carbons (Fsp3) is 0.450. The van der Waals surface area contributed by atoms with Crippen molar-refractivity contribution in [1.29, 1.82) is 0 Å². The molecule has 1 saturated heterocycles. The van der Waals surface area contributed by atoms with E-state index in [9.17, 15) is 4.79 Å². The van der Waals surface area contributed by atoms with Crippen molar-refractivity contribution in [3.05, 3.63) is 46.5 Å². The molecule has 1 aliphatic heterocycles. The Balaban J connectivity index is 2.14. The number of rotatable bonds is 1. The predicted octanol–water partition coefficient (Wildman–Crippen LogP) is 5.02. The second kappa shape index (κ2) is 7.17. The van der Waals surface area contributed by atoms with E-state index in [2.05, 4.69) is 51.0 Å². The van der Waals surface area contributed by atoms with Crippen LogP contribution in [0.15, 0.2) is 35.9 Å². The van der Waals surface area contributed by atoms with Gasteiger partial charge in [-0.15, -0.1) is 5.54 Å².